The molecule has 2 heterocycles. The monoisotopic (exact) mass is 670 g/mol. The number of ether oxygens (including phenoxy) is 2. The standard InChI is InChI=1S/C18H15BrN2O3S.C11H12N2O3S/c1-3-9-24-18(23)14(11-20)17-21(4-2)16(22)15(25-17)10-12-5-7-13(19)8-6-12;1-3-5-16-11(15)8(6-12)10-13(4-2)9(14)7-17-10/h3,5-8,10H,1,4,9H2,2H3;3H,1,4-5,7H2,2H3/b15-10?,17-14-;10-8-. The molecule has 0 spiro atoms. The molecule has 218 valence electrons. The molecule has 3 rings (SSSR count). The van der Waals surface area contributed by atoms with Gasteiger partial charge in [-0.05, 0) is 37.6 Å². The number of thiazole rings is 1. The molecule has 0 saturated carbocycles. The number of hydrogen-bond donors (Lipinski definition) is 0. The number of amides is 1. The van der Waals surface area contributed by atoms with E-state index >= 15 is 0 Å². The molecule has 0 bridgehead atoms. The summed E-state index contributed by atoms with van der Waals surface area (Å²) in [6.07, 6.45) is 4.57. The Morgan fingerprint density at radius 3 is 2.07 bits per heavy atom. The number of esters is 2. The summed E-state index contributed by atoms with van der Waals surface area (Å²) >= 11 is 5.65. The van der Waals surface area contributed by atoms with E-state index in [-0.39, 0.29) is 41.6 Å². The smallest absolute Gasteiger partial charge is 0.352 e. The van der Waals surface area contributed by atoms with E-state index in [0.717, 1.165) is 21.4 Å². The molecule has 10 nitrogen and oxygen atoms in total. The van der Waals surface area contributed by atoms with Crippen molar-refractivity contribution in [3.05, 3.63) is 89.8 Å². The molecular formula is C29H27BrN4O6S2. The fourth-order valence-corrected chi connectivity index (χ4v) is 5.90. The summed E-state index contributed by atoms with van der Waals surface area (Å²) < 4.78 is 12.8. The van der Waals surface area contributed by atoms with Crippen molar-refractivity contribution >= 4 is 68.5 Å². The topological polar surface area (TPSA) is 142 Å². The number of halogens is 1. The van der Waals surface area contributed by atoms with E-state index in [1.54, 1.807) is 26.0 Å². The summed E-state index contributed by atoms with van der Waals surface area (Å²) in [4.78, 5) is 49.1. The largest absolute Gasteiger partial charge is 0.457 e. The van der Waals surface area contributed by atoms with E-state index in [9.17, 15) is 24.4 Å². The first-order valence-corrected chi connectivity index (χ1v) is 15.0. The second-order valence-electron chi connectivity index (χ2n) is 8.00. The second kappa shape index (κ2) is 16.9. The van der Waals surface area contributed by atoms with E-state index in [0.29, 0.717) is 27.3 Å². The van der Waals surface area contributed by atoms with Crippen LogP contribution in [0.4, 0.5) is 0 Å². The minimum Gasteiger partial charge on any atom is -0.457 e. The first-order chi connectivity index (χ1) is 20.2. The number of aromatic nitrogens is 1. The Morgan fingerprint density at radius 1 is 1.00 bits per heavy atom. The van der Waals surface area contributed by atoms with Crippen LogP contribution in [-0.4, -0.2) is 52.8 Å². The predicted molar refractivity (Wildman–Crippen MR) is 165 cm³/mol. The highest BCUT2D eigenvalue weighted by molar-refractivity contribution is 9.10. The van der Waals surface area contributed by atoms with Gasteiger partial charge in [0.1, 0.15) is 35.0 Å². The minimum atomic E-state index is -0.763. The number of thioether (sulfide) groups is 1. The third-order valence-corrected chi connectivity index (χ3v) is 8.06. The quantitative estimate of drug-likeness (QED) is 0.170. The molecule has 42 heavy (non-hydrogen) atoms. The molecule has 1 aliphatic heterocycles. The lowest BCUT2D eigenvalue weighted by atomic mass is 10.2. The van der Waals surface area contributed by atoms with Gasteiger partial charge in [-0.2, -0.15) is 10.5 Å². The molecule has 0 radical (unpaired) electrons. The van der Waals surface area contributed by atoms with Crippen molar-refractivity contribution in [1.82, 2.24) is 9.47 Å². The number of nitrogens with zero attached hydrogens (tertiary/aromatic N) is 4. The number of carbonyl (C=O) groups excluding carboxylic acids is 3. The van der Waals surface area contributed by atoms with Crippen molar-refractivity contribution in [3.8, 4) is 12.1 Å². The van der Waals surface area contributed by atoms with Gasteiger partial charge in [0.05, 0.1) is 10.3 Å². The van der Waals surface area contributed by atoms with Gasteiger partial charge in [-0.3, -0.25) is 14.2 Å². The SMILES string of the molecule is C=CCOC(=O)/C(C#N)=C1\SCC(=O)N1CC.C=CCOC(=O)/C(C#N)=c1\sc(=Cc2ccc(Br)cc2)c(=O)n1CC. The molecule has 1 saturated heterocycles. The minimum absolute atomic E-state index is 0.00359. The molecule has 0 unspecified atom stereocenters. The van der Waals surface area contributed by atoms with Crippen molar-refractivity contribution in [2.75, 3.05) is 25.5 Å². The summed E-state index contributed by atoms with van der Waals surface area (Å²) in [6, 6.07) is 11.1. The lowest BCUT2D eigenvalue weighted by Gasteiger charge is -2.14. The highest BCUT2D eigenvalue weighted by atomic mass is 79.9. The molecule has 2 aromatic rings. The third-order valence-electron chi connectivity index (χ3n) is 5.31. The van der Waals surface area contributed by atoms with Gasteiger partial charge in [0, 0.05) is 17.6 Å². The van der Waals surface area contributed by atoms with Gasteiger partial charge in [-0.25, -0.2) is 9.59 Å². The zero-order chi connectivity index (χ0) is 31.2. The Hall–Kier alpha value is -4.17. The van der Waals surface area contributed by atoms with Crippen LogP contribution in [0.1, 0.15) is 19.4 Å². The van der Waals surface area contributed by atoms with E-state index in [2.05, 4.69) is 29.1 Å². The van der Waals surface area contributed by atoms with E-state index < -0.39 is 11.9 Å². The Balaban J connectivity index is 0.000000317. The van der Waals surface area contributed by atoms with Gasteiger partial charge >= 0.3 is 11.9 Å². The maximum Gasteiger partial charge on any atom is 0.352 e. The van der Waals surface area contributed by atoms with Crippen LogP contribution in [-0.2, 0) is 30.4 Å². The zero-order valence-corrected chi connectivity index (χ0v) is 26.1. The Labute approximate surface area is 259 Å². The number of benzene rings is 1. The van der Waals surface area contributed by atoms with Crippen LogP contribution in [0.25, 0.3) is 11.6 Å². The maximum atomic E-state index is 12.6. The number of rotatable bonds is 9. The van der Waals surface area contributed by atoms with E-state index in [1.165, 1.54) is 33.4 Å². The lowest BCUT2D eigenvalue weighted by molar-refractivity contribution is -0.137. The summed E-state index contributed by atoms with van der Waals surface area (Å²) in [6.45, 7) is 11.3. The van der Waals surface area contributed by atoms with Gasteiger partial charge in [0.25, 0.3) is 5.56 Å². The van der Waals surface area contributed by atoms with Crippen LogP contribution >= 0.6 is 39.0 Å². The van der Waals surface area contributed by atoms with Crippen molar-refractivity contribution in [3.63, 3.8) is 0 Å². The van der Waals surface area contributed by atoms with Gasteiger partial charge in [-0.15, -0.1) is 11.3 Å². The molecule has 1 amide bonds. The molecule has 13 heteroatoms. The highest BCUT2D eigenvalue weighted by Crippen LogP contribution is 2.31. The van der Waals surface area contributed by atoms with E-state index in [1.807, 2.05) is 30.3 Å². The summed E-state index contributed by atoms with van der Waals surface area (Å²) in [5.74, 6) is -1.33. The lowest BCUT2D eigenvalue weighted by Crippen LogP contribution is -2.32. The molecule has 1 aliphatic rings. The average Bonchev–Trinajstić information content (AvgIpc) is 3.51. The first-order valence-electron chi connectivity index (χ1n) is 12.4. The molecule has 0 aliphatic carbocycles. The fraction of sp³-hybridized carbons (Fsp3) is 0.241. The Bertz CT molecular complexity index is 1660. The average molecular weight is 672 g/mol. The van der Waals surface area contributed by atoms with Gasteiger partial charge in [-0.1, -0.05) is 65.1 Å². The Morgan fingerprint density at radius 2 is 1.57 bits per heavy atom. The third kappa shape index (κ3) is 8.66. The molecule has 0 N–H and O–H groups in total. The van der Waals surface area contributed by atoms with Crippen molar-refractivity contribution in [1.29, 1.82) is 10.5 Å². The number of carbonyl (C=O) groups is 3. The van der Waals surface area contributed by atoms with Gasteiger partial charge in [0.15, 0.2) is 11.1 Å². The number of nitriles is 2. The summed E-state index contributed by atoms with van der Waals surface area (Å²) in [5, 5.41) is 18.7. The molecule has 1 aromatic heterocycles. The Kier molecular flexibility index (Phi) is 13.7. The number of hydrogen-bond acceptors (Lipinski definition) is 10. The van der Waals surface area contributed by atoms with Gasteiger partial charge in [0.2, 0.25) is 5.91 Å². The molecule has 1 fully saturated rings. The fourth-order valence-electron chi connectivity index (χ4n) is 3.40. The zero-order valence-electron chi connectivity index (χ0n) is 22.9. The van der Waals surface area contributed by atoms with Crippen LogP contribution in [0.15, 0.2) is 69.4 Å². The maximum absolute atomic E-state index is 12.6. The van der Waals surface area contributed by atoms with Crippen LogP contribution < -0.4 is 14.8 Å². The molecular weight excluding hydrogens is 644 g/mol. The van der Waals surface area contributed by atoms with Crippen LogP contribution in [0.5, 0.6) is 0 Å². The molecule has 1 aromatic carbocycles. The second-order valence-corrected chi connectivity index (χ2v) is 10.9. The van der Waals surface area contributed by atoms with Crippen LogP contribution in [0.3, 0.4) is 0 Å². The van der Waals surface area contributed by atoms with Gasteiger partial charge < -0.3 is 14.4 Å². The van der Waals surface area contributed by atoms with E-state index in [4.69, 9.17) is 14.7 Å². The normalized spacial score (nSPS) is 14.5. The van der Waals surface area contributed by atoms with Crippen molar-refractivity contribution in [2.24, 2.45) is 0 Å². The first kappa shape index (κ1) is 34.0. The summed E-state index contributed by atoms with van der Waals surface area (Å²) in [7, 11) is 0. The summed E-state index contributed by atoms with van der Waals surface area (Å²) in [5.41, 5.74) is 0.310. The van der Waals surface area contributed by atoms with Crippen molar-refractivity contribution < 1.29 is 23.9 Å². The van der Waals surface area contributed by atoms with Crippen LogP contribution in [0, 0.1) is 22.7 Å². The highest BCUT2D eigenvalue weighted by Gasteiger charge is 2.31. The predicted octanol–water partition coefficient (Wildman–Crippen LogP) is 2.97. The molecule has 0 atom stereocenters. The van der Waals surface area contributed by atoms with Crippen molar-refractivity contribution in [2.45, 2.75) is 20.4 Å². The van der Waals surface area contributed by atoms with Crippen LogP contribution in [0.2, 0.25) is 0 Å².